The average molecular weight is 297 g/mol. The second-order valence-corrected chi connectivity index (χ2v) is 5.41. The van der Waals surface area contributed by atoms with Crippen molar-refractivity contribution < 1.29 is 14.7 Å². The van der Waals surface area contributed by atoms with E-state index in [0.29, 0.717) is 23.7 Å². The van der Waals surface area contributed by atoms with Gasteiger partial charge >= 0.3 is 12.0 Å². The summed E-state index contributed by atoms with van der Waals surface area (Å²) in [7, 11) is 0. The van der Waals surface area contributed by atoms with Gasteiger partial charge in [-0.1, -0.05) is 18.0 Å². The van der Waals surface area contributed by atoms with Gasteiger partial charge in [-0.25, -0.2) is 4.79 Å². The van der Waals surface area contributed by atoms with Crippen LogP contribution in [0, 0.1) is 11.8 Å². The van der Waals surface area contributed by atoms with Gasteiger partial charge in [-0.05, 0) is 43.0 Å². The summed E-state index contributed by atoms with van der Waals surface area (Å²) in [5, 5.41) is 15.1. The number of halogens is 1. The maximum atomic E-state index is 11.7. The van der Waals surface area contributed by atoms with Crippen LogP contribution in [-0.4, -0.2) is 23.7 Å². The van der Waals surface area contributed by atoms with Gasteiger partial charge in [0, 0.05) is 17.3 Å². The highest BCUT2D eigenvalue weighted by Gasteiger charge is 2.32. The number of carboxylic acid groups (broad SMARTS) is 1. The van der Waals surface area contributed by atoms with Crippen molar-refractivity contribution in [1.29, 1.82) is 0 Å². The Morgan fingerprint density at radius 2 is 1.95 bits per heavy atom. The van der Waals surface area contributed by atoms with E-state index < -0.39 is 5.97 Å². The van der Waals surface area contributed by atoms with Gasteiger partial charge in [0.05, 0.1) is 5.92 Å². The number of hydrogen-bond donors (Lipinski definition) is 3. The van der Waals surface area contributed by atoms with E-state index in [1.807, 2.05) is 0 Å². The van der Waals surface area contributed by atoms with Crippen LogP contribution < -0.4 is 10.6 Å². The molecule has 2 rings (SSSR count). The van der Waals surface area contributed by atoms with Crippen LogP contribution in [0.3, 0.4) is 0 Å². The third kappa shape index (κ3) is 3.87. The molecular weight excluding hydrogens is 280 g/mol. The highest BCUT2D eigenvalue weighted by molar-refractivity contribution is 6.30. The van der Waals surface area contributed by atoms with Crippen molar-refractivity contribution in [2.45, 2.75) is 19.3 Å². The number of anilines is 1. The van der Waals surface area contributed by atoms with Gasteiger partial charge < -0.3 is 15.7 Å². The first-order valence-electron chi connectivity index (χ1n) is 6.59. The molecule has 1 saturated carbocycles. The number of amides is 2. The summed E-state index contributed by atoms with van der Waals surface area (Å²) in [5.41, 5.74) is 0.646. The first-order chi connectivity index (χ1) is 9.56. The Morgan fingerprint density at radius 3 is 2.60 bits per heavy atom. The van der Waals surface area contributed by atoms with Crippen molar-refractivity contribution in [3.63, 3.8) is 0 Å². The third-order valence-electron chi connectivity index (χ3n) is 3.60. The van der Waals surface area contributed by atoms with Gasteiger partial charge in [0.15, 0.2) is 0 Å². The number of urea groups is 1. The van der Waals surface area contributed by atoms with Crippen LogP contribution in [0.1, 0.15) is 19.3 Å². The molecule has 1 aromatic rings. The first-order valence-corrected chi connectivity index (χ1v) is 6.97. The number of carbonyl (C=O) groups is 2. The van der Waals surface area contributed by atoms with E-state index in [-0.39, 0.29) is 17.9 Å². The van der Waals surface area contributed by atoms with Crippen LogP contribution in [0.2, 0.25) is 5.02 Å². The molecule has 1 aliphatic carbocycles. The Hall–Kier alpha value is -1.75. The summed E-state index contributed by atoms with van der Waals surface area (Å²) in [4.78, 5) is 22.8. The van der Waals surface area contributed by atoms with Crippen LogP contribution in [0.15, 0.2) is 24.3 Å². The van der Waals surface area contributed by atoms with Crippen LogP contribution in [0.5, 0.6) is 0 Å². The molecule has 0 radical (unpaired) electrons. The van der Waals surface area contributed by atoms with Gasteiger partial charge in [-0.3, -0.25) is 4.79 Å². The van der Waals surface area contributed by atoms with E-state index in [9.17, 15) is 9.59 Å². The van der Waals surface area contributed by atoms with Crippen molar-refractivity contribution in [2.75, 3.05) is 11.9 Å². The molecule has 1 aliphatic rings. The zero-order valence-electron chi connectivity index (χ0n) is 10.9. The summed E-state index contributed by atoms with van der Waals surface area (Å²) < 4.78 is 0. The van der Waals surface area contributed by atoms with Gasteiger partial charge in [-0.2, -0.15) is 0 Å². The van der Waals surface area contributed by atoms with Gasteiger partial charge in [-0.15, -0.1) is 0 Å². The molecule has 0 aromatic heterocycles. The van der Waals surface area contributed by atoms with Crippen molar-refractivity contribution in [3.05, 3.63) is 29.3 Å². The number of aliphatic carboxylic acids is 1. The monoisotopic (exact) mass is 296 g/mol. The number of nitrogens with one attached hydrogen (secondary N) is 2. The molecule has 0 saturated heterocycles. The summed E-state index contributed by atoms with van der Waals surface area (Å²) in [6.07, 6.45) is 2.45. The Morgan fingerprint density at radius 1 is 1.25 bits per heavy atom. The minimum Gasteiger partial charge on any atom is -0.481 e. The number of hydrogen-bond acceptors (Lipinski definition) is 2. The number of benzene rings is 1. The topological polar surface area (TPSA) is 78.4 Å². The van der Waals surface area contributed by atoms with E-state index in [1.165, 1.54) is 0 Å². The lowest BCUT2D eigenvalue weighted by molar-refractivity contribution is -0.142. The molecule has 1 fully saturated rings. The van der Waals surface area contributed by atoms with E-state index in [2.05, 4.69) is 10.6 Å². The molecule has 0 bridgehead atoms. The summed E-state index contributed by atoms with van der Waals surface area (Å²) in [6.45, 7) is 0.385. The lowest BCUT2D eigenvalue weighted by Gasteiger charge is -2.16. The quantitative estimate of drug-likeness (QED) is 0.799. The maximum absolute atomic E-state index is 11.7. The number of carbonyl (C=O) groups excluding carboxylic acids is 1. The minimum absolute atomic E-state index is 0.0171. The standard InChI is InChI=1S/C14H17ClN2O3/c15-10-4-6-11(7-5-10)17-14(20)16-8-9-2-1-3-12(9)13(18)19/h4-7,9,12H,1-3,8H2,(H,18,19)(H2,16,17,20). The molecule has 2 atom stereocenters. The third-order valence-corrected chi connectivity index (χ3v) is 3.86. The fourth-order valence-electron chi connectivity index (χ4n) is 2.54. The zero-order chi connectivity index (χ0) is 14.5. The second kappa shape index (κ2) is 6.61. The van der Waals surface area contributed by atoms with E-state index in [0.717, 1.165) is 12.8 Å². The Kier molecular flexibility index (Phi) is 4.84. The summed E-state index contributed by atoms with van der Waals surface area (Å²) >= 11 is 5.76. The van der Waals surface area contributed by atoms with Crippen molar-refractivity contribution in [3.8, 4) is 0 Å². The van der Waals surface area contributed by atoms with Crippen molar-refractivity contribution >= 4 is 29.3 Å². The second-order valence-electron chi connectivity index (χ2n) is 4.98. The van der Waals surface area contributed by atoms with E-state index >= 15 is 0 Å². The van der Waals surface area contributed by atoms with Gasteiger partial charge in [0.2, 0.25) is 0 Å². The first kappa shape index (κ1) is 14.7. The lowest BCUT2D eigenvalue weighted by atomic mass is 9.96. The molecule has 2 unspecified atom stereocenters. The van der Waals surface area contributed by atoms with Crippen LogP contribution in [0.4, 0.5) is 10.5 Å². The summed E-state index contributed by atoms with van der Waals surface area (Å²) in [5.74, 6) is -1.10. The largest absolute Gasteiger partial charge is 0.481 e. The van der Waals surface area contributed by atoms with Crippen molar-refractivity contribution in [1.82, 2.24) is 5.32 Å². The molecule has 2 amide bonds. The molecule has 1 aromatic carbocycles. The Labute approximate surface area is 122 Å². The van der Waals surface area contributed by atoms with Crippen LogP contribution in [0.25, 0.3) is 0 Å². The molecule has 0 spiro atoms. The molecule has 20 heavy (non-hydrogen) atoms. The molecule has 6 heteroatoms. The maximum Gasteiger partial charge on any atom is 0.319 e. The predicted molar refractivity (Wildman–Crippen MR) is 76.9 cm³/mol. The normalized spacial score (nSPS) is 21.4. The fourth-order valence-corrected chi connectivity index (χ4v) is 2.66. The zero-order valence-corrected chi connectivity index (χ0v) is 11.7. The Bertz CT molecular complexity index is 490. The fraction of sp³-hybridized carbons (Fsp3) is 0.429. The van der Waals surface area contributed by atoms with Gasteiger partial charge in [0.1, 0.15) is 0 Å². The minimum atomic E-state index is -0.771. The van der Waals surface area contributed by atoms with Crippen LogP contribution >= 0.6 is 11.6 Å². The molecule has 0 heterocycles. The van der Waals surface area contributed by atoms with Crippen LogP contribution in [-0.2, 0) is 4.79 Å². The number of carboxylic acids is 1. The van der Waals surface area contributed by atoms with E-state index in [4.69, 9.17) is 16.7 Å². The van der Waals surface area contributed by atoms with Crippen molar-refractivity contribution in [2.24, 2.45) is 11.8 Å². The lowest BCUT2D eigenvalue weighted by Crippen LogP contribution is -2.35. The summed E-state index contributed by atoms with van der Waals surface area (Å²) in [6, 6.07) is 6.46. The highest BCUT2D eigenvalue weighted by atomic mass is 35.5. The predicted octanol–water partition coefficient (Wildman–Crippen LogP) is 2.96. The smallest absolute Gasteiger partial charge is 0.319 e. The average Bonchev–Trinajstić information content (AvgIpc) is 2.88. The molecule has 3 N–H and O–H groups in total. The van der Waals surface area contributed by atoms with Gasteiger partial charge in [0.25, 0.3) is 0 Å². The molecule has 5 nitrogen and oxygen atoms in total. The Balaban J connectivity index is 1.80. The molecular formula is C14H17ClN2O3. The highest BCUT2D eigenvalue weighted by Crippen LogP contribution is 2.31. The molecule has 0 aliphatic heterocycles. The molecule has 108 valence electrons. The van der Waals surface area contributed by atoms with E-state index in [1.54, 1.807) is 24.3 Å². The SMILES string of the molecule is O=C(NCC1CCCC1C(=O)O)Nc1ccc(Cl)cc1. The number of rotatable bonds is 4.